The largest absolute Gasteiger partial charge is 0.478 e. The molecule has 2 unspecified atom stereocenters. The van der Waals surface area contributed by atoms with Crippen LogP contribution in [-0.4, -0.2) is 39.8 Å². The van der Waals surface area contributed by atoms with Crippen LogP contribution < -0.4 is 5.32 Å². The number of carbonyl (C=O) groups excluding carboxylic acids is 1. The van der Waals surface area contributed by atoms with Gasteiger partial charge in [0, 0.05) is 19.0 Å². The summed E-state index contributed by atoms with van der Waals surface area (Å²) in [6.45, 7) is 1.38. The smallest absolute Gasteiger partial charge is 0.336 e. The second-order valence-electron chi connectivity index (χ2n) is 4.29. The molecule has 0 saturated carbocycles. The van der Waals surface area contributed by atoms with Crippen molar-refractivity contribution in [3.8, 4) is 0 Å². The number of aliphatic hydroxyl groups excluding tert-OH is 2. The molecular weight excluding hydrogens is 269 g/mol. The number of aromatic carboxylic acids is 1. The van der Waals surface area contributed by atoms with Crippen LogP contribution in [0.3, 0.4) is 0 Å². The number of nitrogens with one attached hydrogen (secondary N) is 1. The lowest BCUT2D eigenvalue weighted by Crippen LogP contribution is -2.28. The molecule has 7 heteroatoms. The highest BCUT2D eigenvalue weighted by Gasteiger charge is 2.26. The quantitative estimate of drug-likeness (QED) is 0.607. The molecule has 0 aliphatic carbocycles. The van der Waals surface area contributed by atoms with Crippen LogP contribution in [0.2, 0.25) is 0 Å². The Morgan fingerprint density at radius 2 is 2.00 bits per heavy atom. The summed E-state index contributed by atoms with van der Waals surface area (Å²) in [7, 11) is 0. The van der Waals surface area contributed by atoms with Gasteiger partial charge in [-0.1, -0.05) is 6.07 Å². The van der Waals surface area contributed by atoms with Gasteiger partial charge in [0.15, 0.2) is 0 Å². The zero-order chi connectivity index (χ0) is 15.3. The molecule has 0 heterocycles. The summed E-state index contributed by atoms with van der Waals surface area (Å²) in [6.07, 6.45) is -3.11. The number of aliphatic hydroxyl groups is 2. The molecule has 1 aromatic rings. The third-order valence-electron chi connectivity index (χ3n) is 2.76. The maximum absolute atomic E-state index is 13.7. The number of hydrogen-bond donors (Lipinski definition) is 4. The number of amides is 1. The van der Waals surface area contributed by atoms with Crippen LogP contribution >= 0.6 is 0 Å². The summed E-state index contributed by atoms with van der Waals surface area (Å²) in [6, 6.07) is 3.36. The molecule has 0 aliphatic rings. The first kappa shape index (κ1) is 16.1. The van der Waals surface area contributed by atoms with E-state index in [-0.39, 0.29) is 18.9 Å². The molecule has 0 bridgehead atoms. The number of carboxylic acids is 1. The fraction of sp³-hybridized carbons (Fsp3) is 0.385. The molecule has 0 spiro atoms. The standard InChI is InChI=1S/C13H16FNO5/c1-7(16)15-6-5-10(17)12(18)11-8(13(19)20)3-2-4-9(11)14/h2-4,10,12,17-18H,5-6H2,1H3,(H,15,16)(H,19,20). The van der Waals surface area contributed by atoms with Crippen molar-refractivity contribution in [2.45, 2.75) is 25.6 Å². The summed E-state index contributed by atoms with van der Waals surface area (Å²) in [4.78, 5) is 21.7. The van der Waals surface area contributed by atoms with E-state index in [0.717, 1.165) is 12.1 Å². The molecular formula is C13H16FNO5. The van der Waals surface area contributed by atoms with Crippen molar-refractivity contribution in [1.82, 2.24) is 5.32 Å². The van der Waals surface area contributed by atoms with Gasteiger partial charge in [0.25, 0.3) is 0 Å². The molecule has 1 amide bonds. The SMILES string of the molecule is CC(=O)NCCC(O)C(O)c1c(F)cccc1C(=O)O. The Hall–Kier alpha value is -1.99. The molecule has 110 valence electrons. The van der Waals surface area contributed by atoms with Crippen molar-refractivity contribution in [2.24, 2.45) is 0 Å². The fourth-order valence-electron chi connectivity index (χ4n) is 1.77. The minimum absolute atomic E-state index is 0.0336. The van der Waals surface area contributed by atoms with Gasteiger partial charge in [-0.2, -0.15) is 0 Å². The van der Waals surface area contributed by atoms with E-state index in [1.807, 2.05) is 0 Å². The number of carboxylic acid groups (broad SMARTS) is 1. The zero-order valence-electron chi connectivity index (χ0n) is 10.8. The Labute approximate surface area is 114 Å². The van der Waals surface area contributed by atoms with Crippen molar-refractivity contribution in [3.63, 3.8) is 0 Å². The van der Waals surface area contributed by atoms with Gasteiger partial charge in [-0.25, -0.2) is 9.18 Å². The first-order valence-corrected chi connectivity index (χ1v) is 5.97. The first-order valence-electron chi connectivity index (χ1n) is 5.97. The van der Waals surface area contributed by atoms with Crippen LogP contribution in [0.1, 0.15) is 35.4 Å². The highest BCUT2D eigenvalue weighted by atomic mass is 19.1. The van der Waals surface area contributed by atoms with Crippen LogP contribution in [0.15, 0.2) is 18.2 Å². The Balaban J connectivity index is 2.88. The fourth-order valence-corrected chi connectivity index (χ4v) is 1.77. The lowest BCUT2D eigenvalue weighted by Gasteiger charge is -2.20. The highest BCUT2D eigenvalue weighted by molar-refractivity contribution is 5.89. The minimum atomic E-state index is -1.68. The lowest BCUT2D eigenvalue weighted by atomic mass is 9.96. The number of rotatable bonds is 6. The van der Waals surface area contributed by atoms with E-state index in [4.69, 9.17) is 5.11 Å². The number of benzene rings is 1. The Morgan fingerprint density at radius 1 is 1.35 bits per heavy atom. The van der Waals surface area contributed by atoms with Crippen molar-refractivity contribution in [2.75, 3.05) is 6.54 Å². The molecule has 0 saturated heterocycles. The third-order valence-corrected chi connectivity index (χ3v) is 2.76. The molecule has 0 aromatic heterocycles. The monoisotopic (exact) mass is 285 g/mol. The number of carbonyl (C=O) groups is 2. The molecule has 0 radical (unpaired) electrons. The van der Waals surface area contributed by atoms with Crippen molar-refractivity contribution >= 4 is 11.9 Å². The van der Waals surface area contributed by atoms with Gasteiger partial charge in [0.2, 0.25) is 5.91 Å². The van der Waals surface area contributed by atoms with Gasteiger partial charge in [0.1, 0.15) is 11.9 Å². The lowest BCUT2D eigenvalue weighted by molar-refractivity contribution is -0.119. The van der Waals surface area contributed by atoms with Crippen molar-refractivity contribution in [3.05, 3.63) is 35.1 Å². The van der Waals surface area contributed by atoms with Crippen LogP contribution in [-0.2, 0) is 4.79 Å². The molecule has 2 atom stereocenters. The molecule has 0 fully saturated rings. The maximum atomic E-state index is 13.7. The van der Waals surface area contributed by atoms with E-state index in [9.17, 15) is 24.2 Å². The van der Waals surface area contributed by atoms with E-state index in [0.29, 0.717) is 0 Å². The van der Waals surface area contributed by atoms with Crippen LogP contribution in [0.25, 0.3) is 0 Å². The van der Waals surface area contributed by atoms with Gasteiger partial charge in [0.05, 0.1) is 11.7 Å². The maximum Gasteiger partial charge on any atom is 0.336 e. The normalized spacial score (nSPS) is 13.6. The van der Waals surface area contributed by atoms with Gasteiger partial charge in [-0.15, -0.1) is 0 Å². The third kappa shape index (κ3) is 4.01. The van der Waals surface area contributed by atoms with Gasteiger partial charge in [-0.05, 0) is 18.6 Å². The van der Waals surface area contributed by atoms with Gasteiger partial charge < -0.3 is 20.6 Å². The Morgan fingerprint density at radius 3 is 2.55 bits per heavy atom. The Bertz CT molecular complexity index is 506. The van der Waals surface area contributed by atoms with Crippen molar-refractivity contribution in [1.29, 1.82) is 0 Å². The highest BCUT2D eigenvalue weighted by Crippen LogP contribution is 2.25. The van der Waals surface area contributed by atoms with E-state index in [1.54, 1.807) is 0 Å². The topological polar surface area (TPSA) is 107 Å². The average molecular weight is 285 g/mol. The zero-order valence-corrected chi connectivity index (χ0v) is 10.8. The minimum Gasteiger partial charge on any atom is -0.478 e. The molecule has 20 heavy (non-hydrogen) atoms. The first-order chi connectivity index (χ1) is 9.34. The van der Waals surface area contributed by atoms with E-state index in [1.165, 1.54) is 13.0 Å². The molecule has 0 aliphatic heterocycles. The summed E-state index contributed by atoms with van der Waals surface area (Å²) in [5.74, 6) is -2.60. The van der Waals surface area contributed by atoms with Crippen LogP contribution in [0.5, 0.6) is 0 Å². The Kier molecular flexibility index (Phi) is 5.60. The van der Waals surface area contributed by atoms with Gasteiger partial charge in [-0.3, -0.25) is 4.79 Å². The summed E-state index contributed by atoms with van der Waals surface area (Å²) in [5, 5.41) is 31.0. The second-order valence-corrected chi connectivity index (χ2v) is 4.29. The predicted octanol–water partition coefficient (Wildman–Crippen LogP) is 0.444. The van der Waals surface area contributed by atoms with E-state index in [2.05, 4.69) is 5.32 Å². The van der Waals surface area contributed by atoms with Crippen molar-refractivity contribution < 1.29 is 29.3 Å². The second kappa shape index (κ2) is 6.97. The molecule has 4 N–H and O–H groups in total. The van der Waals surface area contributed by atoms with E-state index >= 15 is 0 Å². The van der Waals surface area contributed by atoms with E-state index < -0.39 is 35.1 Å². The van der Waals surface area contributed by atoms with Gasteiger partial charge >= 0.3 is 5.97 Å². The summed E-state index contributed by atoms with van der Waals surface area (Å²) >= 11 is 0. The average Bonchev–Trinajstić information content (AvgIpc) is 2.36. The molecule has 1 aromatic carbocycles. The molecule has 1 rings (SSSR count). The predicted molar refractivity (Wildman–Crippen MR) is 67.6 cm³/mol. The number of halogens is 1. The molecule has 6 nitrogen and oxygen atoms in total. The van der Waals surface area contributed by atoms with Crippen LogP contribution in [0.4, 0.5) is 4.39 Å². The summed E-state index contributed by atoms with van der Waals surface area (Å²) in [5.41, 5.74) is -0.869. The summed E-state index contributed by atoms with van der Waals surface area (Å²) < 4.78 is 13.7. The number of hydrogen-bond acceptors (Lipinski definition) is 4. The van der Waals surface area contributed by atoms with Crippen LogP contribution in [0, 0.1) is 5.82 Å².